The van der Waals surface area contributed by atoms with Gasteiger partial charge in [0.25, 0.3) is 0 Å². The van der Waals surface area contributed by atoms with Gasteiger partial charge < -0.3 is 47.2 Å². The number of rotatable bonds is 23. The van der Waals surface area contributed by atoms with Crippen LogP contribution >= 0.6 is 34.8 Å². The number of nitrogens with one attached hydrogen (secondary N) is 1. The number of hydrogen-bond acceptors (Lipinski definition) is 12. The zero-order chi connectivity index (χ0) is 68.0. The van der Waals surface area contributed by atoms with Crippen LogP contribution in [0.25, 0.3) is 21.8 Å². The quantitative estimate of drug-likeness (QED) is 0.0364. The number of ether oxygens (including phenoxy) is 4. The summed E-state index contributed by atoms with van der Waals surface area (Å²) in [5, 5.41) is 2.96. The van der Waals surface area contributed by atoms with Gasteiger partial charge in [0, 0.05) is 84.8 Å². The Kier molecular flexibility index (Phi) is 24.6. The first-order chi connectivity index (χ1) is 42.4. The summed E-state index contributed by atoms with van der Waals surface area (Å²) in [6.45, 7) is 31.3. The van der Waals surface area contributed by atoms with Crippen molar-refractivity contribution in [1.29, 1.82) is 0 Å². The van der Waals surface area contributed by atoms with Gasteiger partial charge in [0.2, 0.25) is 22.7 Å². The van der Waals surface area contributed by atoms with Gasteiger partial charge >= 0.3 is 11.9 Å². The molecule has 6 aromatic rings. The molecule has 16 nitrogen and oxygen atoms in total. The maximum Gasteiger partial charge on any atom is 0.343 e. The molecule has 0 aliphatic carbocycles. The molecule has 7 rings (SSSR count). The number of fused-ring (bicyclic) bond motifs is 2. The number of hydrogen-bond donors (Lipinski definition) is 1. The summed E-state index contributed by atoms with van der Waals surface area (Å²) in [5.74, 6) is -1.78. The Balaban J connectivity index is 0.000000289. The Hall–Kier alpha value is -6.14. The van der Waals surface area contributed by atoms with Crippen LogP contribution in [-0.4, -0.2) is 104 Å². The van der Waals surface area contributed by atoms with Gasteiger partial charge in [0.1, 0.15) is 34.3 Å². The van der Waals surface area contributed by atoms with Crippen molar-refractivity contribution < 1.29 is 55.8 Å². The number of halogens is 5. The first-order valence-corrected chi connectivity index (χ1v) is 37.6. The first kappa shape index (κ1) is 73.9. The van der Waals surface area contributed by atoms with E-state index >= 15 is 8.78 Å². The standard InChI is InChI=1S/C34H45Cl2FN2O6Si.C34H44ClFN2O6Si/c1-20(2)28(19-45-46(8,9)34(3,4)5)39-18-25(33(42)44-7)32(41)24-15-21(29(43-6)17-27(24)39)13-22-14-23(16-26(36)31(22)37)38-30(40)11-10-12-35;1-20(2)28(19-44-45(8,9)34(3,4)5)38-18-25(33(41)43-7)32(40)24-15-21(29(42-6)17-27(24)38)13-22-14-23(16-26(35)31(22)36)37-12-10-11-30(37)39/h14-18,20,28H,10-13,19H2,1-9H3,(H,38,40);14-18,20,28H,10-13,19H2,1-9H3/t2*28-/m11/s1. The molecular weight excluding hydrogens is 1270 g/mol. The van der Waals surface area contributed by atoms with Crippen molar-refractivity contribution >= 4 is 108 Å². The van der Waals surface area contributed by atoms with Crippen LogP contribution in [0.3, 0.4) is 0 Å². The molecule has 1 fully saturated rings. The number of benzene rings is 4. The second kappa shape index (κ2) is 30.3. The van der Waals surface area contributed by atoms with Gasteiger partial charge in [-0.2, -0.15) is 0 Å². The summed E-state index contributed by atoms with van der Waals surface area (Å²) < 4.78 is 69.3. The lowest BCUT2D eigenvalue weighted by Gasteiger charge is -2.38. The smallest absolute Gasteiger partial charge is 0.343 e. The van der Waals surface area contributed by atoms with Crippen LogP contribution in [0.4, 0.5) is 20.2 Å². The molecule has 0 saturated carbocycles. The maximum atomic E-state index is 15.4. The molecule has 0 radical (unpaired) electrons. The molecule has 0 bridgehead atoms. The number of alkyl halides is 1. The van der Waals surface area contributed by atoms with E-state index in [1.807, 2.05) is 9.13 Å². The van der Waals surface area contributed by atoms with Crippen molar-refractivity contribution in [3.8, 4) is 11.5 Å². The van der Waals surface area contributed by atoms with Crippen LogP contribution < -0.4 is 30.5 Å². The normalized spacial score (nSPS) is 13.8. The summed E-state index contributed by atoms with van der Waals surface area (Å²) >= 11 is 18.2. The Morgan fingerprint density at radius 3 is 1.43 bits per heavy atom. The summed E-state index contributed by atoms with van der Waals surface area (Å²) in [6, 6.07) is 12.2. The summed E-state index contributed by atoms with van der Waals surface area (Å²) in [7, 11) is 1.20. The van der Waals surface area contributed by atoms with Gasteiger partial charge in [-0.15, -0.1) is 11.6 Å². The fourth-order valence-corrected chi connectivity index (χ4v) is 13.0. The van der Waals surface area contributed by atoms with Crippen molar-refractivity contribution in [2.45, 2.75) is 156 Å². The van der Waals surface area contributed by atoms with Gasteiger partial charge in [0.15, 0.2) is 16.6 Å². The summed E-state index contributed by atoms with van der Waals surface area (Å²) in [4.78, 5) is 79.6. The largest absolute Gasteiger partial charge is 0.496 e. The maximum absolute atomic E-state index is 15.4. The first-order valence-electron chi connectivity index (χ1n) is 30.5. The van der Waals surface area contributed by atoms with E-state index in [4.69, 9.17) is 62.6 Å². The Morgan fingerprint density at radius 1 is 0.626 bits per heavy atom. The zero-order valence-corrected chi connectivity index (χ0v) is 60.1. The fraction of sp³-hybridized carbons (Fsp3) is 0.500. The molecule has 496 valence electrons. The average molecular weight is 1360 g/mol. The second-order valence-corrected chi connectivity index (χ2v) is 37.7. The lowest BCUT2D eigenvalue weighted by molar-refractivity contribution is -0.117. The molecule has 0 unspecified atom stereocenters. The predicted molar refractivity (Wildman–Crippen MR) is 365 cm³/mol. The van der Waals surface area contributed by atoms with E-state index in [0.717, 1.165) is 6.42 Å². The van der Waals surface area contributed by atoms with Crippen LogP contribution in [0.15, 0.2) is 70.5 Å². The third-order valence-electron chi connectivity index (χ3n) is 17.9. The lowest BCUT2D eigenvalue weighted by Crippen LogP contribution is -2.42. The minimum absolute atomic E-state index is 0.00697. The molecule has 1 aliphatic rings. The number of carbonyl (C=O) groups excluding carboxylic acids is 4. The van der Waals surface area contributed by atoms with Crippen LogP contribution in [0, 0.1) is 23.5 Å². The summed E-state index contributed by atoms with van der Waals surface area (Å²) in [6.07, 6.45) is 4.94. The van der Waals surface area contributed by atoms with Gasteiger partial charge in [-0.25, -0.2) is 18.4 Å². The minimum Gasteiger partial charge on any atom is -0.496 e. The van der Waals surface area contributed by atoms with Crippen LogP contribution in [0.5, 0.6) is 11.5 Å². The number of esters is 2. The second-order valence-electron chi connectivity index (χ2n) is 26.8. The Bertz CT molecular complexity index is 3820. The number of anilines is 2. The number of nitrogens with zero attached hydrogens (tertiary/aromatic N) is 3. The topological polar surface area (TPSA) is 183 Å². The Morgan fingerprint density at radius 2 is 1.05 bits per heavy atom. The van der Waals surface area contributed by atoms with Crippen LogP contribution in [-0.2, 0) is 40.8 Å². The summed E-state index contributed by atoms with van der Waals surface area (Å²) in [5.41, 5.74) is 2.14. The molecular formula is C68H89Cl3F2N4O12Si2. The van der Waals surface area contributed by atoms with Gasteiger partial charge in [0.05, 0.1) is 74.8 Å². The third-order valence-corrected chi connectivity index (χ3v) is 27.8. The van der Waals surface area contributed by atoms with Crippen molar-refractivity contribution in [2.75, 3.05) is 64.3 Å². The van der Waals surface area contributed by atoms with Gasteiger partial charge in [-0.3, -0.25) is 19.2 Å². The molecule has 2 amide bonds. The zero-order valence-electron chi connectivity index (χ0n) is 55.8. The minimum atomic E-state index is -2.14. The molecule has 4 aromatic carbocycles. The van der Waals surface area contributed by atoms with E-state index in [2.05, 4.69) is 101 Å². The number of methoxy groups -OCH3 is 4. The van der Waals surface area contributed by atoms with E-state index in [1.54, 1.807) is 41.4 Å². The molecule has 0 spiro atoms. The van der Waals surface area contributed by atoms with E-state index in [-0.39, 0.29) is 108 Å². The molecule has 3 heterocycles. The highest BCUT2D eigenvalue weighted by Crippen LogP contribution is 2.41. The van der Waals surface area contributed by atoms with Gasteiger partial charge in [-0.05, 0) is 120 Å². The predicted octanol–water partition coefficient (Wildman–Crippen LogP) is 15.9. The van der Waals surface area contributed by atoms with Crippen LogP contribution in [0.1, 0.15) is 150 Å². The number of pyridine rings is 2. The highest BCUT2D eigenvalue weighted by molar-refractivity contribution is 6.74. The molecule has 1 aliphatic heterocycles. The monoisotopic (exact) mass is 1350 g/mol. The van der Waals surface area contributed by atoms with E-state index < -0.39 is 51.1 Å². The highest BCUT2D eigenvalue weighted by Gasteiger charge is 2.40. The molecule has 23 heteroatoms. The molecule has 2 atom stereocenters. The van der Waals surface area contributed by atoms with E-state index in [0.29, 0.717) is 83.5 Å². The van der Waals surface area contributed by atoms with Gasteiger partial charge in [-0.1, -0.05) is 92.4 Å². The number of aromatic nitrogens is 2. The molecule has 1 N–H and O–H groups in total. The van der Waals surface area contributed by atoms with Crippen molar-refractivity contribution in [2.24, 2.45) is 11.8 Å². The number of carbonyl (C=O) groups is 4. The molecule has 1 saturated heterocycles. The lowest BCUT2D eigenvalue weighted by atomic mass is 9.98. The molecule has 2 aromatic heterocycles. The van der Waals surface area contributed by atoms with E-state index in [9.17, 15) is 28.8 Å². The third kappa shape index (κ3) is 17.0. The molecule has 91 heavy (non-hydrogen) atoms. The average Bonchev–Trinajstić information content (AvgIpc) is 1.07. The Labute approximate surface area is 550 Å². The van der Waals surface area contributed by atoms with Crippen molar-refractivity contribution in [1.82, 2.24) is 9.13 Å². The van der Waals surface area contributed by atoms with E-state index in [1.165, 1.54) is 52.8 Å². The fourth-order valence-electron chi connectivity index (χ4n) is 10.3. The highest BCUT2D eigenvalue weighted by atomic mass is 35.5. The van der Waals surface area contributed by atoms with Crippen LogP contribution in [0.2, 0.25) is 46.3 Å². The number of amides is 2. The SMILES string of the molecule is COC(=O)c1cn([C@H](CO[Si](C)(C)C(C)(C)C)C(C)C)c2cc(OC)c(Cc3cc(N4CCCC4=O)cc(Cl)c3F)cc2c1=O.COC(=O)c1cn([C@H](CO[Si](C)(C)C(C)(C)C)C(C)C)c2cc(OC)c(Cc3cc(NC(=O)CCCCl)cc(Cl)c3F)cc2c1=O. The van der Waals surface area contributed by atoms with Crippen molar-refractivity contribution in [3.63, 3.8) is 0 Å². The van der Waals surface area contributed by atoms with Crippen molar-refractivity contribution in [3.05, 3.63) is 136 Å².